The predicted octanol–water partition coefficient (Wildman–Crippen LogP) is 3.86. The van der Waals surface area contributed by atoms with Crippen LogP contribution in [0.25, 0.3) is 11.3 Å². The molecule has 168 valence electrons. The molecule has 3 aromatic rings. The average Bonchev–Trinajstić information content (AvgIpc) is 3.27. The van der Waals surface area contributed by atoms with Crippen LogP contribution in [0.5, 0.6) is 0 Å². The number of pyridine rings is 1. The van der Waals surface area contributed by atoms with E-state index in [1.807, 2.05) is 0 Å². The summed E-state index contributed by atoms with van der Waals surface area (Å²) < 4.78 is 18.0. The highest BCUT2D eigenvalue weighted by molar-refractivity contribution is 7.16. The number of thiazole rings is 1. The number of esters is 1. The Hall–Kier alpha value is -3.84. The maximum Gasteiger partial charge on any atom is 0.308 e. The summed E-state index contributed by atoms with van der Waals surface area (Å²) in [5.41, 5.74) is 1.33. The Morgan fingerprint density at radius 2 is 1.94 bits per heavy atom. The van der Waals surface area contributed by atoms with Crippen molar-refractivity contribution in [3.05, 3.63) is 58.9 Å². The fraction of sp³-hybridized carbons (Fsp3) is 0.261. The number of carbonyl (C=O) groups is 2. The van der Waals surface area contributed by atoms with Crippen molar-refractivity contribution in [2.45, 2.75) is 12.8 Å². The first kappa shape index (κ1) is 22.4. The molecule has 0 unspecified atom stereocenters. The summed E-state index contributed by atoms with van der Waals surface area (Å²) in [6.45, 7) is 1.36. The molecule has 1 aliphatic heterocycles. The van der Waals surface area contributed by atoms with Gasteiger partial charge in [-0.15, -0.1) is 0 Å². The fourth-order valence-corrected chi connectivity index (χ4v) is 4.42. The smallest absolute Gasteiger partial charge is 0.308 e. The van der Waals surface area contributed by atoms with Gasteiger partial charge >= 0.3 is 5.97 Å². The van der Waals surface area contributed by atoms with Gasteiger partial charge in [-0.25, -0.2) is 14.4 Å². The van der Waals surface area contributed by atoms with E-state index in [0.29, 0.717) is 47.6 Å². The predicted molar refractivity (Wildman–Crippen MR) is 121 cm³/mol. The van der Waals surface area contributed by atoms with E-state index in [1.165, 1.54) is 37.6 Å². The number of piperidine rings is 1. The lowest BCUT2D eigenvalue weighted by Gasteiger charge is -2.31. The molecule has 4 rings (SSSR count). The molecular weight excluding hydrogens is 445 g/mol. The van der Waals surface area contributed by atoms with Crippen LogP contribution in [0.2, 0.25) is 0 Å². The summed E-state index contributed by atoms with van der Waals surface area (Å²) in [5, 5.41) is 12.4. The number of amides is 1. The highest BCUT2D eigenvalue weighted by Gasteiger charge is 2.26. The Kier molecular flexibility index (Phi) is 6.60. The molecular formula is C23H20FN5O3S. The summed E-state index contributed by atoms with van der Waals surface area (Å²) in [4.78, 5) is 35.5. The zero-order valence-corrected chi connectivity index (χ0v) is 18.6. The molecule has 1 saturated heterocycles. The van der Waals surface area contributed by atoms with Crippen molar-refractivity contribution in [3.8, 4) is 17.3 Å². The van der Waals surface area contributed by atoms with Crippen molar-refractivity contribution < 1.29 is 18.7 Å². The molecule has 2 aromatic heterocycles. The van der Waals surface area contributed by atoms with Gasteiger partial charge in [0, 0.05) is 24.8 Å². The number of nitrogens with one attached hydrogen (secondary N) is 1. The highest BCUT2D eigenvalue weighted by atomic mass is 32.1. The van der Waals surface area contributed by atoms with Crippen molar-refractivity contribution in [2.24, 2.45) is 5.92 Å². The molecule has 1 amide bonds. The number of hydrogen-bond acceptors (Lipinski definition) is 8. The molecule has 33 heavy (non-hydrogen) atoms. The normalized spacial score (nSPS) is 13.9. The van der Waals surface area contributed by atoms with Crippen LogP contribution in [-0.2, 0) is 9.53 Å². The summed E-state index contributed by atoms with van der Waals surface area (Å²) in [7, 11) is 1.40. The third-order valence-corrected chi connectivity index (χ3v) is 6.31. The van der Waals surface area contributed by atoms with E-state index in [-0.39, 0.29) is 22.8 Å². The Balaban J connectivity index is 1.42. The number of rotatable bonds is 5. The van der Waals surface area contributed by atoms with Gasteiger partial charge in [-0.1, -0.05) is 11.3 Å². The number of hydrogen-bond donors (Lipinski definition) is 1. The van der Waals surface area contributed by atoms with Gasteiger partial charge < -0.3 is 9.64 Å². The van der Waals surface area contributed by atoms with Gasteiger partial charge in [0.2, 0.25) is 0 Å². The minimum atomic E-state index is -0.401. The molecule has 0 radical (unpaired) electrons. The van der Waals surface area contributed by atoms with E-state index in [2.05, 4.69) is 26.3 Å². The van der Waals surface area contributed by atoms with E-state index in [4.69, 9.17) is 4.74 Å². The van der Waals surface area contributed by atoms with Crippen LogP contribution in [0.3, 0.4) is 0 Å². The lowest BCUT2D eigenvalue weighted by atomic mass is 9.97. The molecule has 0 saturated carbocycles. The SMILES string of the molecule is COC(=O)C1CCN(c2ccc(C(=O)Nc3nc(-c4ccc(F)cc4)c(C#N)s3)cn2)CC1. The summed E-state index contributed by atoms with van der Waals surface area (Å²) >= 11 is 1.05. The van der Waals surface area contributed by atoms with Crippen LogP contribution in [-0.4, -0.2) is 42.0 Å². The maximum absolute atomic E-state index is 13.2. The van der Waals surface area contributed by atoms with Crippen molar-refractivity contribution in [1.82, 2.24) is 9.97 Å². The van der Waals surface area contributed by atoms with E-state index >= 15 is 0 Å². The first-order valence-corrected chi connectivity index (χ1v) is 11.1. The molecule has 0 aliphatic carbocycles. The van der Waals surface area contributed by atoms with E-state index in [9.17, 15) is 19.2 Å². The molecule has 3 heterocycles. The molecule has 1 fully saturated rings. The minimum Gasteiger partial charge on any atom is -0.469 e. The van der Waals surface area contributed by atoms with Gasteiger partial charge in [0.15, 0.2) is 5.13 Å². The molecule has 1 aliphatic rings. The van der Waals surface area contributed by atoms with Gasteiger partial charge in [0.25, 0.3) is 5.91 Å². The first-order valence-electron chi connectivity index (χ1n) is 10.3. The number of anilines is 2. The number of benzene rings is 1. The molecule has 0 atom stereocenters. The third kappa shape index (κ3) is 4.99. The van der Waals surface area contributed by atoms with Crippen LogP contribution in [0, 0.1) is 23.1 Å². The standard InChI is InChI=1S/C23H20FN5O3S/c1-32-22(31)15-8-10-29(11-9-15)19-7-4-16(13-26-19)21(30)28-23-27-20(18(12-25)33-23)14-2-5-17(24)6-3-14/h2-7,13,15H,8-11H2,1H3,(H,27,28,30). The Bertz CT molecular complexity index is 1200. The van der Waals surface area contributed by atoms with Crippen molar-refractivity contribution in [2.75, 3.05) is 30.4 Å². The molecule has 0 spiro atoms. The van der Waals surface area contributed by atoms with E-state index < -0.39 is 5.91 Å². The first-order chi connectivity index (χ1) is 16.0. The average molecular weight is 466 g/mol. The highest BCUT2D eigenvalue weighted by Crippen LogP contribution is 2.31. The Morgan fingerprint density at radius 3 is 2.55 bits per heavy atom. The van der Waals surface area contributed by atoms with Crippen LogP contribution < -0.4 is 10.2 Å². The van der Waals surface area contributed by atoms with Crippen molar-refractivity contribution in [3.63, 3.8) is 0 Å². The fourth-order valence-electron chi connectivity index (χ4n) is 3.64. The van der Waals surface area contributed by atoms with Crippen molar-refractivity contribution >= 4 is 34.2 Å². The number of methoxy groups -OCH3 is 1. The van der Waals surface area contributed by atoms with Crippen LogP contribution in [0.1, 0.15) is 28.1 Å². The monoisotopic (exact) mass is 465 g/mol. The van der Waals surface area contributed by atoms with Crippen LogP contribution >= 0.6 is 11.3 Å². The number of aromatic nitrogens is 2. The second-order valence-corrected chi connectivity index (χ2v) is 8.46. The zero-order valence-electron chi connectivity index (χ0n) is 17.7. The molecule has 0 bridgehead atoms. The van der Waals surface area contributed by atoms with Gasteiger partial charge in [0.05, 0.1) is 18.6 Å². The number of ether oxygens (including phenoxy) is 1. The third-order valence-electron chi connectivity index (χ3n) is 5.43. The van der Waals surface area contributed by atoms with Gasteiger partial charge in [-0.05, 0) is 49.2 Å². The minimum absolute atomic E-state index is 0.0901. The summed E-state index contributed by atoms with van der Waals surface area (Å²) in [6.07, 6.45) is 2.87. The van der Waals surface area contributed by atoms with Gasteiger partial charge in [-0.2, -0.15) is 5.26 Å². The Labute approximate surface area is 193 Å². The van der Waals surface area contributed by atoms with Gasteiger partial charge in [-0.3, -0.25) is 14.9 Å². The molecule has 8 nitrogen and oxygen atoms in total. The van der Waals surface area contributed by atoms with Crippen LogP contribution in [0.4, 0.5) is 15.3 Å². The number of carbonyl (C=O) groups excluding carboxylic acids is 2. The summed E-state index contributed by atoms with van der Waals surface area (Å²) in [5.74, 6) is -0.326. The zero-order chi connectivity index (χ0) is 23.4. The quantitative estimate of drug-likeness (QED) is 0.570. The van der Waals surface area contributed by atoms with E-state index in [1.54, 1.807) is 12.1 Å². The molecule has 1 N–H and O–H groups in total. The lowest BCUT2D eigenvalue weighted by Crippen LogP contribution is -2.37. The largest absolute Gasteiger partial charge is 0.469 e. The second-order valence-electron chi connectivity index (χ2n) is 7.46. The van der Waals surface area contributed by atoms with E-state index in [0.717, 1.165) is 17.2 Å². The molecule has 1 aromatic carbocycles. The lowest BCUT2D eigenvalue weighted by molar-refractivity contribution is -0.146. The topological polar surface area (TPSA) is 108 Å². The number of nitrogens with zero attached hydrogens (tertiary/aromatic N) is 4. The number of nitriles is 1. The second kappa shape index (κ2) is 9.75. The van der Waals surface area contributed by atoms with Gasteiger partial charge in [0.1, 0.15) is 28.3 Å². The summed E-state index contributed by atoms with van der Waals surface area (Å²) in [6, 6.07) is 11.2. The van der Waals surface area contributed by atoms with Crippen molar-refractivity contribution in [1.29, 1.82) is 5.26 Å². The maximum atomic E-state index is 13.2. The van der Waals surface area contributed by atoms with Crippen LogP contribution in [0.15, 0.2) is 42.6 Å². The Morgan fingerprint density at radius 1 is 1.21 bits per heavy atom. The molecule has 10 heteroatoms. The number of halogens is 1.